The molecule has 0 N–H and O–H groups in total. The van der Waals surface area contributed by atoms with Crippen molar-refractivity contribution in [3.8, 4) is 11.5 Å². The van der Waals surface area contributed by atoms with Crippen LogP contribution in [0.25, 0.3) is 0 Å². The molecule has 0 unspecified atom stereocenters. The first-order valence-corrected chi connectivity index (χ1v) is 5.31. The van der Waals surface area contributed by atoms with Crippen LogP contribution in [0.4, 0.5) is 0 Å². The molecule has 2 rings (SSSR count). The first-order chi connectivity index (χ1) is 8.67. The van der Waals surface area contributed by atoms with E-state index >= 15 is 0 Å². The van der Waals surface area contributed by atoms with Crippen LogP contribution in [0.15, 0.2) is 23.4 Å². The first kappa shape index (κ1) is 12.2. The summed E-state index contributed by atoms with van der Waals surface area (Å²) >= 11 is 0. The predicted molar refractivity (Wildman–Crippen MR) is 63.9 cm³/mol. The molecule has 96 valence electrons. The van der Waals surface area contributed by atoms with Crippen LogP contribution < -0.4 is 15.2 Å². The van der Waals surface area contributed by atoms with E-state index in [4.69, 9.17) is 9.47 Å². The fourth-order valence-corrected chi connectivity index (χ4v) is 1.63. The van der Waals surface area contributed by atoms with Crippen LogP contribution in [0.2, 0.25) is 0 Å². The van der Waals surface area contributed by atoms with E-state index in [0.29, 0.717) is 17.2 Å². The van der Waals surface area contributed by atoms with Crippen molar-refractivity contribution in [2.24, 2.45) is 7.05 Å². The lowest BCUT2D eigenvalue weighted by Crippen LogP contribution is -2.24. The molecule has 0 aliphatic carbocycles. The van der Waals surface area contributed by atoms with E-state index in [0.717, 1.165) is 0 Å². The molecule has 0 saturated carbocycles. The Morgan fingerprint density at radius 1 is 1.33 bits per heavy atom. The largest absolute Gasteiger partial charge is 0.493 e. The molecule has 2 heterocycles. The summed E-state index contributed by atoms with van der Waals surface area (Å²) in [7, 11) is 4.72. The van der Waals surface area contributed by atoms with Crippen molar-refractivity contribution in [3.63, 3.8) is 0 Å². The number of aryl methyl sites for hydroxylation is 1. The van der Waals surface area contributed by atoms with Gasteiger partial charge in [-0.2, -0.15) is 5.10 Å². The summed E-state index contributed by atoms with van der Waals surface area (Å²) < 4.78 is 13.1. The molecule has 0 bridgehead atoms. The minimum absolute atomic E-state index is 0.207. The average Bonchev–Trinajstić information content (AvgIpc) is 2.70. The van der Waals surface area contributed by atoms with E-state index in [-0.39, 0.29) is 12.2 Å². The summed E-state index contributed by atoms with van der Waals surface area (Å²) in [6.07, 6.45) is 3.06. The molecule has 0 saturated heterocycles. The van der Waals surface area contributed by atoms with Crippen molar-refractivity contribution in [2.75, 3.05) is 14.2 Å². The molecule has 2 aromatic rings. The molecule has 0 aliphatic rings. The van der Waals surface area contributed by atoms with Crippen molar-refractivity contribution < 1.29 is 9.47 Å². The number of aromatic nitrogens is 4. The van der Waals surface area contributed by atoms with Gasteiger partial charge in [-0.1, -0.05) is 0 Å². The van der Waals surface area contributed by atoms with Gasteiger partial charge in [0.05, 0.1) is 20.8 Å². The fourth-order valence-electron chi connectivity index (χ4n) is 1.63. The van der Waals surface area contributed by atoms with E-state index in [1.54, 1.807) is 26.4 Å². The summed E-state index contributed by atoms with van der Waals surface area (Å²) in [4.78, 5) is 15.9. The van der Waals surface area contributed by atoms with Gasteiger partial charge >= 0.3 is 5.69 Å². The highest BCUT2D eigenvalue weighted by Crippen LogP contribution is 2.28. The van der Waals surface area contributed by atoms with Gasteiger partial charge in [0.2, 0.25) is 0 Å². The van der Waals surface area contributed by atoms with Crippen LogP contribution in [0.5, 0.6) is 11.5 Å². The monoisotopic (exact) mass is 250 g/mol. The third-order valence-corrected chi connectivity index (χ3v) is 2.55. The topological polar surface area (TPSA) is 71.2 Å². The Bertz CT molecular complexity index is 603. The van der Waals surface area contributed by atoms with Gasteiger partial charge in [-0.15, -0.1) is 0 Å². The van der Waals surface area contributed by atoms with Gasteiger partial charge in [0.1, 0.15) is 12.0 Å². The Morgan fingerprint density at radius 2 is 2.11 bits per heavy atom. The van der Waals surface area contributed by atoms with Crippen LogP contribution in [-0.4, -0.2) is 33.6 Å². The van der Waals surface area contributed by atoms with Crippen LogP contribution >= 0.6 is 0 Å². The van der Waals surface area contributed by atoms with Crippen LogP contribution in [0.3, 0.4) is 0 Å². The van der Waals surface area contributed by atoms with E-state index in [1.165, 1.54) is 22.7 Å². The van der Waals surface area contributed by atoms with Crippen molar-refractivity contribution in [1.29, 1.82) is 0 Å². The molecule has 2 aromatic heterocycles. The summed E-state index contributed by atoms with van der Waals surface area (Å²) in [6, 6.07) is 1.70. The maximum absolute atomic E-state index is 11.7. The summed E-state index contributed by atoms with van der Waals surface area (Å²) in [5, 5.41) is 3.97. The second kappa shape index (κ2) is 4.91. The lowest BCUT2D eigenvalue weighted by Gasteiger charge is -2.10. The Hall–Kier alpha value is -2.31. The van der Waals surface area contributed by atoms with Gasteiger partial charge in [-0.25, -0.2) is 9.48 Å². The maximum atomic E-state index is 11.7. The first-order valence-electron chi connectivity index (χ1n) is 5.31. The van der Waals surface area contributed by atoms with Gasteiger partial charge in [-0.3, -0.25) is 9.55 Å². The number of pyridine rings is 1. The number of methoxy groups -OCH3 is 2. The lowest BCUT2D eigenvalue weighted by atomic mass is 10.3. The fraction of sp³-hybridized carbons (Fsp3) is 0.364. The van der Waals surface area contributed by atoms with Gasteiger partial charge < -0.3 is 9.47 Å². The van der Waals surface area contributed by atoms with E-state index in [1.807, 2.05) is 0 Å². The zero-order valence-corrected chi connectivity index (χ0v) is 10.5. The number of rotatable bonds is 4. The maximum Gasteiger partial charge on any atom is 0.345 e. The summed E-state index contributed by atoms with van der Waals surface area (Å²) in [5.41, 5.74) is 0.388. The zero-order chi connectivity index (χ0) is 13.1. The molecule has 7 heteroatoms. The van der Waals surface area contributed by atoms with Gasteiger partial charge in [0.25, 0.3) is 0 Å². The normalized spacial score (nSPS) is 10.4. The van der Waals surface area contributed by atoms with E-state index < -0.39 is 0 Å². The Balaban J connectivity index is 2.40. The third-order valence-electron chi connectivity index (χ3n) is 2.55. The molecule has 0 fully saturated rings. The number of ether oxygens (including phenoxy) is 2. The average molecular weight is 250 g/mol. The van der Waals surface area contributed by atoms with Crippen molar-refractivity contribution in [1.82, 2.24) is 19.3 Å². The summed E-state index contributed by atoms with van der Waals surface area (Å²) in [5.74, 6) is 1.09. The highest BCUT2D eigenvalue weighted by atomic mass is 16.5. The van der Waals surface area contributed by atoms with E-state index in [2.05, 4.69) is 10.1 Å². The molecular formula is C11H14N4O3. The van der Waals surface area contributed by atoms with E-state index in [9.17, 15) is 4.79 Å². The van der Waals surface area contributed by atoms with Crippen molar-refractivity contribution >= 4 is 0 Å². The molecule has 18 heavy (non-hydrogen) atoms. The SMILES string of the molecule is COc1ccnc(Cn2ncn(C)c2=O)c1OC. The predicted octanol–water partition coefficient (Wildman–Crippen LogP) is 0.0423. The van der Waals surface area contributed by atoms with Crippen LogP contribution in [0, 0.1) is 0 Å². The molecule has 0 amide bonds. The molecule has 0 atom stereocenters. The molecule has 0 aliphatic heterocycles. The Labute approximate surface area is 104 Å². The highest BCUT2D eigenvalue weighted by Gasteiger charge is 2.13. The van der Waals surface area contributed by atoms with Gasteiger partial charge in [0, 0.05) is 19.3 Å². The molecule has 0 spiro atoms. The van der Waals surface area contributed by atoms with Crippen LogP contribution in [-0.2, 0) is 13.6 Å². The number of hydrogen-bond donors (Lipinski definition) is 0. The van der Waals surface area contributed by atoms with Gasteiger partial charge in [-0.05, 0) is 0 Å². The zero-order valence-electron chi connectivity index (χ0n) is 10.5. The number of hydrogen-bond acceptors (Lipinski definition) is 5. The van der Waals surface area contributed by atoms with Crippen molar-refractivity contribution in [3.05, 3.63) is 34.8 Å². The third kappa shape index (κ3) is 2.06. The second-order valence-electron chi connectivity index (χ2n) is 3.68. The van der Waals surface area contributed by atoms with Crippen LogP contribution in [0.1, 0.15) is 5.69 Å². The molecule has 0 aromatic carbocycles. The van der Waals surface area contributed by atoms with Crippen molar-refractivity contribution in [2.45, 2.75) is 6.54 Å². The Kier molecular flexibility index (Phi) is 3.31. The Morgan fingerprint density at radius 3 is 2.67 bits per heavy atom. The highest BCUT2D eigenvalue weighted by molar-refractivity contribution is 5.42. The molecular weight excluding hydrogens is 236 g/mol. The molecule has 0 radical (unpaired) electrons. The van der Waals surface area contributed by atoms with Gasteiger partial charge in [0.15, 0.2) is 11.5 Å². The smallest absolute Gasteiger partial charge is 0.345 e. The minimum Gasteiger partial charge on any atom is -0.493 e. The lowest BCUT2D eigenvalue weighted by molar-refractivity contribution is 0.347. The number of nitrogens with zero attached hydrogens (tertiary/aromatic N) is 4. The molecule has 7 nitrogen and oxygen atoms in total. The quantitative estimate of drug-likeness (QED) is 0.766. The standard InChI is InChI=1S/C11H14N4O3/c1-14-7-13-15(11(14)16)6-8-10(18-3)9(17-2)4-5-12-8/h4-5,7H,6H2,1-3H3. The minimum atomic E-state index is -0.207. The second-order valence-corrected chi connectivity index (χ2v) is 3.68. The summed E-state index contributed by atoms with van der Waals surface area (Å²) in [6.45, 7) is 0.236.